The molecule has 1 aromatic rings. The lowest BCUT2D eigenvalue weighted by atomic mass is 10.1. The number of benzene rings is 1. The number of rotatable bonds is 3. The van der Waals surface area contributed by atoms with Crippen molar-refractivity contribution in [1.29, 1.82) is 0 Å². The number of carbonyl (C=O) groups is 1. The molecular weight excluding hydrogens is 401 g/mol. The Morgan fingerprint density at radius 3 is 2.76 bits per heavy atom. The van der Waals surface area contributed by atoms with E-state index < -0.39 is 0 Å². The quantitative estimate of drug-likeness (QED) is 0.431. The van der Waals surface area contributed by atoms with Crippen LogP contribution in [-0.4, -0.2) is 34.7 Å². The van der Waals surface area contributed by atoms with Crippen LogP contribution < -0.4 is 9.47 Å². The fourth-order valence-corrected chi connectivity index (χ4v) is 3.49. The van der Waals surface area contributed by atoms with E-state index in [-0.39, 0.29) is 16.5 Å². The number of ether oxygens (including phenoxy) is 2. The topological polar surface area (TPSA) is 38.8 Å². The second-order valence-electron chi connectivity index (χ2n) is 4.37. The van der Waals surface area contributed by atoms with E-state index >= 15 is 0 Å². The summed E-state index contributed by atoms with van der Waals surface area (Å²) in [5.74, 6) is 4.43. The Bertz CT molecular complexity index is 596. The maximum atomic E-state index is 12.3. The maximum Gasteiger partial charge on any atom is 0.248 e. The average Bonchev–Trinajstić information content (AvgIpc) is 2.79. The summed E-state index contributed by atoms with van der Waals surface area (Å²) in [6.07, 6.45) is 0. The fourth-order valence-electron chi connectivity index (χ4n) is 2.09. The minimum Gasteiger partial charge on any atom is -0.497 e. The predicted octanol–water partition coefficient (Wildman–Crippen LogP) is 3.06. The fraction of sp³-hybridized carbons (Fsp3) is 0.400. The van der Waals surface area contributed by atoms with E-state index in [1.54, 1.807) is 30.9 Å². The molecule has 0 spiro atoms. The highest BCUT2D eigenvalue weighted by molar-refractivity contribution is 14.1. The van der Waals surface area contributed by atoms with Crippen molar-refractivity contribution in [3.05, 3.63) is 23.8 Å². The van der Waals surface area contributed by atoms with Crippen molar-refractivity contribution in [2.45, 2.75) is 17.5 Å². The number of hydrogen-bond donors (Lipinski definition) is 0. The molecule has 0 aromatic heterocycles. The van der Waals surface area contributed by atoms with Gasteiger partial charge >= 0.3 is 0 Å². The summed E-state index contributed by atoms with van der Waals surface area (Å²) >= 11 is 3.75. The van der Waals surface area contributed by atoms with Crippen LogP contribution in [0, 0.1) is 12.0 Å². The SMILES string of the molecule is COc1ccc(C2SC(C)C(=O)N2C#CCI)c(OC)c1. The summed E-state index contributed by atoms with van der Waals surface area (Å²) < 4.78 is 11.3. The zero-order valence-corrected chi connectivity index (χ0v) is 15.0. The molecule has 1 amide bonds. The number of methoxy groups -OCH3 is 2. The predicted molar refractivity (Wildman–Crippen MR) is 92.8 cm³/mol. The van der Waals surface area contributed by atoms with Crippen molar-refractivity contribution < 1.29 is 14.3 Å². The number of hydrogen-bond acceptors (Lipinski definition) is 4. The highest BCUT2D eigenvalue weighted by Gasteiger charge is 2.39. The van der Waals surface area contributed by atoms with E-state index in [1.807, 2.05) is 25.1 Å². The van der Waals surface area contributed by atoms with Crippen LogP contribution in [0.5, 0.6) is 11.5 Å². The van der Waals surface area contributed by atoms with Crippen LogP contribution in [0.2, 0.25) is 0 Å². The Morgan fingerprint density at radius 1 is 1.38 bits per heavy atom. The summed E-state index contributed by atoms with van der Waals surface area (Å²) in [7, 11) is 3.23. The summed E-state index contributed by atoms with van der Waals surface area (Å²) in [5.41, 5.74) is 0.934. The van der Waals surface area contributed by atoms with E-state index in [0.29, 0.717) is 10.2 Å². The molecule has 0 saturated carbocycles. The van der Waals surface area contributed by atoms with Gasteiger partial charge in [-0.2, -0.15) is 0 Å². The Kier molecular flexibility index (Phi) is 5.65. The van der Waals surface area contributed by atoms with Gasteiger partial charge in [0.25, 0.3) is 0 Å². The molecule has 112 valence electrons. The largest absolute Gasteiger partial charge is 0.497 e. The van der Waals surface area contributed by atoms with Gasteiger partial charge in [0.1, 0.15) is 16.9 Å². The summed E-state index contributed by atoms with van der Waals surface area (Å²) in [6.45, 7) is 1.90. The number of thioether (sulfide) groups is 1. The zero-order valence-electron chi connectivity index (χ0n) is 12.1. The highest BCUT2D eigenvalue weighted by atomic mass is 127. The van der Waals surface area contributed by atoms with Crippen LogP contribution in [0.1, 0.15) is 17.9 Å². The van der Waals surface area contributed by atoms with Gasteiger partial charge in [0.2, 0.25) is 5.91 Å². The lowest BCUT2D eigenvalue weighted by Crippen LogP contribution is -2.25. The smallest absolute Gasteiger partial charge is 0.248 e. The molecule has 21 heavy (non-hydrogen) atoms. The third-order valence-corrected chi connectivity index (χ3v) is 4.84. The van der Waals surface area contributed by atoms with Crippen LogP contribution >= 0.6 is 34.4 Å². The molecule has 2 rings (SSSR count). The van der Waals surface area contributed by atoms with Crippen LogP contribution in [-0.2, 0) is 4.79 Å². The number of amides is 1. The van der Waals surface area contributed by atoms with Gasteiger partial charge in [-0.25, -0.2) is 0 Å². The summed E-state index contributed by atoms with van der Waals surface area (Å²) in [5, 5.41) is -0.255. The Labute approximate surface area is 142 Å². The van der Waals surface area contributed by atoms with Gasteiger partial charge < -0.3 is 9.47 Å². The standard InChI is InChI=1S/C15H16INO3S/c1-10-14(18)17(8-4-7-16)15(21-10)12-6-5-11(19-2)9-13(12)20-3/h5-6,9-10,15H,7H2,1-3H3. The molecule has 0 N–H and O–H groups in total. The Hall–Kier alpha value is -1.07. The second-order valence-corrected chi connectivity index (χ2v) is 6.56. The van der Waals surface area contributed by atoms with Gasteiger partial charge in [-0.05, 0) is 19.1 Å². The minimum atomic E-state index is -0.149. The molecule has 1 aliphatic rings. The van der Waals surface area contributed by atoms with E-state index in [1.165, 1.54) is 0 Å². The molecule has 2 atom stereocenters. The number of halogens is 1. The molecule has 1 saturated heterocycles. The molecule has 1 aliphatic heterocycles. The summed E-state index contributed by atoms with van der Waals surface area (Å²) in [4.78, 5) is 13.9. The van der Waals surface area contributed by atoms with Gasteiger partial charge in [-0.15, -0.1) is 11.8 Å². The van der Waals surface area contributed by atoms with Crippen molar-refractivity contribution in [3.63, 3.8) is 0 Å². The van der Waals surface area contributed by atoms with Gasteiger partial charge in [0, 0.05) is 17.7 Å². The average molecular weight is 417 g/mol. The van der Waals surface area contributed by atoms with Gasteiger partial charge in [0.15, 0.2) is 0 Å². The first-order valence-corrected chi connectivity index (χ1v) is 8.84. The number of alkyl halides is 1. The van der Waals surface area contributed by atoms with Crippen molar-refractivity contribution >= 4 is 40.3 Å². The van der Waals surface area contributed by atoms with Crippen LogP contribution in [0.25, 0.3) is 0 Å². The first kappa shape index (κ1) is 16.3. The first-order valence-electron chi connectivity index (χ1n) is 6.37. The van der Waals surface area contributed by atoms with E-state index in [9.17, 15) is 4.79 Å². The number of carbonyl (C=O) groups excluding carboxylic acids is 1. The van der Waals surface area contributed by atoms with Crippen molar-refractivity contribution in [3.8, 4) is 23.5 Å². The van der Waals surface area contributed by atoms with E-state index in [4.69, 9.17) is 9.47 Å². The maximum absolute atomic E-state index is 12.3. The van der Waals surface area contributed by atoms with Crippen molar-refractivity contribution in [1.82, 2.24) is 4.90 Å². The second kappa shape index (κ2) is 7.27. The van der Waals surface area contributed by atoms with E-state index in [2.05, 4.69) is 34.6 Å². The van der Waals surface area contributed by atoms with Gasteiger partial charge in [0.05, 0.1) is 23.9 Å². The summed E-state index contributed by atoms with van der Waals surface area (Å²) in [6, 6.07) is 8.59. The Balaban J connectivity index is 2.41. The molecular formula is C15H16INO3S. The highest BCUT2D eigenvalue weighted by Crippen LogP contribution is 2.46. The monoisotopic (exact) mass is 417 g/mol. The van der Waals surface area contributed by atoms with Gasteiger partial charge in [-0.1, -0.05) is 28.5 Å². The minimum absolute atomic E-state index is 0.0419. The molecule has 1 heterocycles. The third kappa shape index (κ3) is 3.40. The zero-order chi connectivity index (χ0) is 15.4. The molecule has 4 nitrogen and oxygen atoms in total. The molecule has 0 aliphatic carbocycles. The first-order chi connectivity index (χ1) is 10.1. The van der Waals surface area contributed by atoms with Crippen molar-refractivity contribution in [2.24, 2.45) is 0 Å². The van der Waals surface area contributed by atoms with Crippen LogP contribution in [0.4, 0.5) is 0 Å². The normalized spacial score (nSPS) is 21.0. The Morgan fingerprint density at radius 2 is 2.14 bits per heavy atom. The molecule has 1 aromatic carbocycles. The molecule has 2 unspecified atom stereocenters. The van der Waals surface area contributed by atoms with Crippen molar-refractivity contribution in [2.75, 3.05) is 18.6 Å². The lowest BCUT2D eigenvalue weighted by Gasteiger charge is -2.20. The van der Waals surface area contributed by atoms with Crippen LogP contribution in [0.15, 0.2) is 18.2 Å². The van der Waals surface area contributed by atoms with E-state index in [0.717, 1.165) is 11.3 Å². The molecule has 0 radical (unpaired) electrons. The third-order valence-electron chi connectivity index (χ3n) is 3.13. The van der Waals surface area contributed by atoms with Crippen LogP contribution in [0.3, 0.4) is 0 Å². The lowest BCUT2D eigenvalue weighted by molar-refractivity contribution is -0.126. The molecule has 6 heteroatoms. The molecule has 0 bridgehead atoms. The number of nitrogens with zero attached hydrogens (tertiary/aromatic N) is 1. The molecule has 1 fully saturated rings. The van der Waals surface area contributed by atoms with Gasteiger partial charge in [-0.3, -0.25) is 9.69 Å².